The quantitative estimate of drug-likeness (QED) is 0.855. The highest BCUT2D eigenvalue weighted by Crippen LogP contribution is 2.24. The first-order valence-electron chi connectivity index (χ1n) is 6.45. The first-order chi connectivity index (χ1) is 9.85. The predicted octanol–water partition coefficient (Wildman–Crippen LogP) is 3.26. The van der Waals surface area contributed by atoms with Crippen LogP contribution >= 0.6 is 0 Å². The number of aliphatic imine (C=N–C) groups is 1. The zero-order chi connectivity index (χ0) is 13.8. The molecule has 0 aliphatic carbocycles. The van der Waals surface area contributed by atoms with Gasteiger partial charge in [0.05, 0.1) is 13.7 Å². The summed E-state index contributed by atoms with van der Waals surface area (Å²) in [4.78, 5) is 4.28. The Morgan fingerprint density at radius 2 is 1.50 bits per heavy atom. The van der Waals surface area contributed by atoms with Gasteiger partial charge >= 0.3 is 0 Å². The number of rotatable bonds is 4. The van der Waals surface area contributed by atoms with Crippen LogP contribution in [-0.2, 0) is 4.74 Å². The Kier molecular flexibility index (Phi) is 3.54. The molecule has 1 aliphatic rings. The average Bonchev–Trinajstić information content (AvgIpc) is 3.03. The van der Waals surface area contributed by atoms with Gasteiger partial charge in [0.2, 0.25) is 5.90 Å². The second-order valence-electron chi connectivity index (χ2n) is 4.34. The van der Waals surface area contributed by atoms with Gasteiger partial charge in [-0.15, -0.1) is 0 Å². The molecule has 1 heterocycles. The third-order valence-corrected chi connectivity index (χ3v) is 2.98. The number of hydrogen-bond acceptors (Lipinski definition) is 4. The maximum atomic E-state index is 5.76. The molecule has 2 aromatic rings. The van der Waals surface area contributed by atoms with Crippen molar-refractivity contribution in [2.75, 3.05) is 20.3 Å². The standard InChI is InChI=1S/C16H15NO3/c1-18-13-6-8-15(9-7-13)20-14-4-2-12(3-5-14)16-17-10-11-19-16/h2-9H,10-11H2,1H3. The Morgan fingerprint density at radius 1 is 0.900 bits per heavy atom. The van der Waals surface area contributed by atoms with Gasteiger partial charge in [0.25, 0.3) is 0 Å². The maximum absolute atomic E-state index is 5.76. The Hall–Kier alpha value is -2.49. The molecule has 0 atom stereocenters. The van der Waals surface area contributed by atoms with Crippen molar-refractivity contribution < 1.29 is 14.2 Å². The molecule has 0 spiro atoms. The van der Waals surface area contributed by atoms with E-state index in [9.17, 15) is 0 Å². The topological polar surface area (TPSA) is 40.0 Å². The number of hydrogen-bond donors (Lipinski definition) is 0. The highest BCUT2D eigenvalue weighted by atomic mass is 16.5. The van der Waals surface area contributed by atoms with E-state index in [1.54, 1.807) is 7.11 Å². The van der Waals surface area contributed by atoms with Gasteiger partial charge in [0.1, 0.15) is 23.9 Å². The highest BCUT2D eigenvalue weighted by molar-refractivity contribution is 5.95. The van der Waals surface area contributed by atoms with Crippen LogP contribution < -0.4 is 9.47 Å². The monoisotopic (exact) mass is 269 g/mol. The van der Waals surface area contributed by atoms with Crippen LogP contribution in [0.15, 0.2) is 53.5 Å². The normalized spacial score (nSPS) is 13.6. The van der Waals surface area contributed by atoms with Crippen molar-refractivity contribution in [3.63, 3.8) is 0 Å². The summed E-state index contributed by atoms with van der Waals surface area (Å²) in [6.45, 7) is 1.40. The molecule has 0 saturated heterocycles. The zero-order valence-corrected chi connectivity index (χ0v) is 11.2. The van der Waals surface area contributed by atoms with Crippen molar-refractivity contribution in [2.45, 2.75) is 0 Å². The van der Waals surface area contributed by atoms with Crippen molar-refractivity contribution in [3.8, 4) is 17.2 Å². The van der Waals surface area contributed by atoms with Crippen molar-refractivity contribution >= 4 is 5.90 Å². The molecule has 0 bridgehead atoms. The summed E-state index contributed by atoms with van der Waals surface area (Å²) < 4.78 is 16.3. The highest BCUT2D eigenvalue weighted by Gasteiger charge is 2.09. The summed E-state index contributed by atoms with van der Waals surface area (Å²) in [5, 5.41) is 0. The van der Waals surface area contributed by atoms with Crippen LogP contribution in [0.4, 0.5) is 0 Å². The Morgan fingerprint density at radius 3 is 2.05 bits per heavy atom. The fourth-order valence-corrected chi connectivity index (χ4v) is 1.96. The molecule has 0 N–H and O–H groups in total. The van der Waals surface area contributed by atoms with Crippen molar-refractivity contribution in [1.82, 2.24) is 0 Å². The van der Waals surface area contributed by atoms with Gasteiger partial charge in [-0.2, -0.15) is 0 Å². The minimum atomic E-state index is 0.666. The van der Waals surface area contributed by atoms with Gasteiger partial charge < -0.3 is 14.2 Å². The van der Waals surface area contributed by atoms with Crippen molar-refractivity contribution in [2.24, 2.45) is 4.99 Å². The smallest absolute Gasteiger partial charge is 0.216 e. The number of nitrogens with zero attached hydrogens (tertiary/aromatic N) is 1. The van der Waals surface area contributed by atoms with Gasteiger partial charge in [-0.05, 0) is 48.5 Å². The summed E-state index contributed by atoms with van der Waals surface area (Å²) in [7, 11) is 1.64. The number of methoxy groups -OCH3 is 1. The molecule has 2 aromatic carbocycles. The minimum absolute atomic E-state index is 0.666. The van der Waals surface area contributed by atoms with E-state index in [4.69, 9.17) is 14.2 Å². The molecule has 3 rings (SSSR count). The van der Waals surface area contributed by atoms with E-state index >= 15 is 0 Å². The van der Waals surface area contributed by atoms with Gasteiger partial charge in [0, 0.05) is 5.56 Å². The molecule has 0 aromatic heterocycles. The molecular formula is C16H15NO3. The third kappa shape index (κ3) is 2.74. The molecule has 102 valence electrons. The third-order valence-electron chi connectivity index (χ3n) is 2.98. The molecular weight excluding hydrogens is 254 g/mol. The number of benzene rings is 2. The summed E-state index contributed by atoms with van der Waals surface area (Å²) in [5.41, 5.74) is 0.976. The van der Waals surface area contributed by atoms with Crippen LogP contribution in [-0.4, -0.2) is 26.2 Å². The largest absolute Gasteiger partial charge is 0.497 e. The van der Waals surface area contributed by atoms with Crippen LogP contribution in [0.1, 0.15) is 5.56 Å². The van der Waals surface area contributed by atoms with Crippen LogP contribution in [0.2, 0.25) is 0 Å². The fraction of sp³-hybridized carbons (Fsp3) is 0.188. The van der Waals surface area contributed by atoms with Gasteiger partial charge in [0.15, 0.2) is 0 Å². The zero-order valence-electron chi connectivity index (χ0n) is 11.2. The van der Waals surface area contributed by atoms with E-state index in [0.29, 0.717) is 12.5 Å². The van der Waals surface area contributed by atoms with E-state index in [1.165, 1.54) is 0 Å². The lowest BCUT2D eigenvalue weighted by molar-refractivity contribution is 0.348. The van der Waals surface area contributed by atoms with Crippen molar-refractivity contribution in [3.05, 3.63) is 54.1 Å². The second kappa shape index (κ2) is 5.65. The molecule has 0 amide bonds. The first-order valence-corrected chi connectivity index (χ1v) is 6.45. The Balaban J connectivity index is 1.70. The van der Waals surface area contributed by atoms with Gasteiger partial charge in [-0.1, -0.05) is 0 Å². The molecule has 1 aliphatic heterocycles. The summed E-state index contributed by atoms with van der Waals surface area (Å²) in [6.07, 6.45) is 0. The van der Waals surface area contributed by atoms with Crippen LogP contribution in [0.25, 0.3) is 0 Å². The van der Waals surface area contributed by atoms with Gasteiger partial charge in [-0.3, -0.25) is 0 Å². The summed E-state index contributed by atoms with van der Waals surface area (Å²) >= 11 is 0. The van der Waals surface area contributed by atoms with Crippen LogP contribution in [0.3, 0.4) is 0 Å². The Labute approximate surface area is 117 Å². The average molecular weight is 269 g/mol. The SMILES string of the molecule is COc1ccc(Oc2ccc(C3=NCCO3)cc2)cc1. The molecule has 20 heavy (non-hydrogen) atoms. The maximum Gasteiger partial charge on any atom is 0.216 e. The van der Waals surface area contributed by atoms with E-state index in [0.717, 1.165) is 29.4 Å². The first kappa shape index (κ1) is 12.5. The second-order valence-corrected chi connectivity index (χ2v) is 4.34. The number of ether oxygens (including phenoxy) is 3. The molecule has 4 heteroatoms. The summed E-state index contributed by atoms with van der Waals surface area (Å²) in [5.74, 6) is 3.07. The van der Waals surface area contributed by atoms with Crippen LogP contribution in [0, 0.1) is 0 Å². The lowest BCUT2D eigenvalue weighted by Gasteiger charge is -2.07. The minimum Gasteiger partial charge on any atom is -0.497 e. The van der Waals surface area contributed by atoms with E-state index in [1.807, 2.05) is 48.5 Å². The Bertz CT molecular complexity index is 603. The predicted molar refractivity (Wildman–Crippen MR) is 76.9 cm³/mol. The molecule has 0 unspecified atom stereocenters. The van der Waals surface area contributed by atoms with E-state index in [2.05, 4.69) is 4.99 Å². The van der Waals surface area contributed by atoms with E-state index in [-0.39, 0.29) is 0 Å². The molecule has 4 nitrogen and oxygen atoms in total. The lowest BCUT2D eigenvalue weighted by Crippen LogP contribution is -2.00. The van der Waals surface area contributed by atoms with Gasteiger partial charge in [-0.25, -0.2) is 4.99 Å². The molecule has 0 saturated carbocycles. The summed E-state index contributed by atoms with van der Waals surface area (Å²) in [6, 6.07) is 15.2. The van der Waals surface area contributed by atoms with E-state index < -0.39 is 0 Å². The van der Waals surface area contributed by atoms with Crippen molar-refractivity contribution in [1.29, 1.82) is 0 Å². The van der Waals surface area contributed by atoms with Crippen LogP contribution in [0.5, 0.6) is 17.2 Å². The molecule has 0 radical (unpaired) electrons. The fourth-order valence-electron chi connectivity index (χ4n) is 1.96. The molecule has 0 fully saturated rings. The lowest BCUT2D eigenvalue weighted by atomic mass is 10.2.